The summed E-state index contributed by atoms with van der Waals surface area (Å²) >= 11 is 0. The first kappa shape index (κ1) is 48.8. The van der Waals surface area contributed by atoms with E-state index in [0.717, 1.165) is 44.8 Å². The Morgan fingerprint density at radius 1 is 0.750 bits per heavy atom. The monoisotopic (exact) mass is 910 g/mol. The zero-order valence-corrected chi connectivity index (χ0v) is 38.3. The van der Waals surface area contributed by atoms with Crippen molar-refractivity contribution >= 4 is 12.3 Å². The second-order valence-corrected chi connectivity index (χ2v) is 22.7. The minimum absolute atomic E-state index is 0.0277. The number of hydrogen-bond acceptors (Lipinski definition) is 16. The minimum atomic E-state index is -1.79. The number of fused-ring (bicyclic) bond motifs is 7. The van der Waals surface area contributed by atoms with E-state index in [1.165, 1.54) is 12.5 Å². The molecule has 9 N–H and O–H groups in total. The Balaban J connectivity index is 1.06. The molecule has 364 valence electrons. The van der Waals surface area contributed by atoms with Gasteiger partial charge in [-0.2, -0.15) is 0 Å². The average molecular weight is 911 g/mol. The highest BCUT2D eigenvalue weighted by molar-refractivity contribution is 5.76. The van der Waals surface area contributed by atoms with Crippen molar-refractivity contribution in [3.8, 4) is 0 Å². The van der Waals surface area contributed by atoms with Gasteiger partial charge in [0, 0.05) is 0 Å². The van der Waals surface area contributed by atoms with Gasteiger partial charge in [0.25, 0.3) is 0 Å². The Morgan fingerprint density at radius 2 is 1.41 bits per heavy atom. The number of aliphatic carboxylic acids is 1. The SMILES string of the molecule is C[C@@H]1O[C@@H](O[C@H]2[C@H](O[C@H]3CC[C@@]4(C)C(CC[C@]5(C)[C@@H]4CC=C4[C@@H]6CC(C)(C)CC[C@]6(C(=O)O)CC[C@]45C)[C@]3(C)C=O)OC[C@H](O[C@@H]3O[C@H](CO)[C@@H](O)[C@H](O)[C@H]3O)[C@@H]2O)[C@H](O)[C@H](O)[C@H]1O. The van der Waals surface area contributed by atoms with Crippen molar-refractivity contribution < 1.29 is 84.0 Å². The molecule has 64 heavy (non-hydrogen) atoms. The van der Waals surface area contributed by atoms with E-state index in [-0.39, 0.29) is 46.0 Å². The number of carboxylic acids is 1. The lowest BCUT2D eigenvalue weighted by molar-refractivity contribution is -0.380. The molecular formula is C47H74O17. The summed E-state index contributed by atoms with van der Waals surface area (Å²) in [5.74, 6) is -0.634. The number of ether oxygens (including phenoxy) is 6. The maximum Gasteiger partial charge on any atom is 0.310 e. The Labute approximate surface area is 375 Å². The maximum absolute atomic E-state index is 13.7. The van der Waals surface area contributed by atoms with Crippen LogP contribution in [0.3, 0.4) is 0 Å². The summed E-state index contributed by atoms with van der Waals surface area (Å²) in [5.41, 5.74) is -1.12. The van der Waals surface area contributed by atoms with Crippen LogP contribution in [0.15, 0.2) is 11.6 Å². The quantitative estimate of drug-likeness (QED) is 0.0902. The molecule has 0 amide bonds. The summed E-state index contributed by atoms with van der Waals surface area (Å²) in [6.07, 6.45) is -11.5. The van der Waals surface area contributed by atoms with Gasteiger partial charge in [-0.1, -0.05) is 53.2 Å². The third-order valence-electron chi connectivity index (χ3n) is 18.9. The predicted octanol–water partition coefficient (Wildman–Crippen LogP) is 1.55. The summed E-state index contributed by atoms with van der Waals surface area (Å²) < 4.78 is 36.4. The van der Waals surface area contributed by atoms with Crippen molar-refractivity contribution in [2.45, 2.75) is 205 Å². The summed E-state index contributed by atoms with van der Waals surface area (Å²) in [5, 5.41) is 95.9. The molecule has 0 aromatic carbocycles. The highest BCUT2D eigenvalue weighted by Gasteiger charge is 2.70. The van der Waals surface area contributed by atoms with Gasteiger partial charge in [-0.3, -0.25) is 4.79 Å². The first-order valence-corrected chi connectivity index (χ1v) is 23.6. The summed E-state index contributed by atoms with van der Waals surface area (Å²) in [6, 6.07) is 0. The number of allylic oxidation sites excluding steroid dienone is 2. The zero-order valence-electron chi connectivity index (χ0n) is 38.3. The van der Waals surface area contributed by atoms with Crippen molar-refractivity contribution in [1.82, 2.24) is 0 Å². The van der Waals surface area contributed by atoms with Gasteiger partial charge in [-0.05, 0) is 111 Å². The van der Waals surface area contributed by atoms with Crippen molar-refractivity contribution in [2.75, 3.05) is 13.2 Å². The molecule has 1 unspecified atom stereocenters. The average Bonchev–Trinajstić information content (AvgIpc) is 3.24. The fourth-order valence-electron chi connectivity index (χ4n) is 14.6. The van der Waals surface area contributed by atoms with Gasteiger partial charge in [-0.25, -0.2) is 0 Å². The molecule has 4 saturated carbocycles. The molecule has 0 aromatic rings. The number of aliphatic hydroxyl groups is 8. The van der Waals surface area contributed by atoms with Crippen LogP contribution in [-0.2, 0) is 38.0 Å². The largest absolute Gasteiger partial charge is 0.481 e. The van der Waals surface area contributed by atoms with Crippen LogP contribution in [-0.4, -0.2) is 164 Å². The smallest absolute Gasteiger partial charge is 0.310 e. The van der Waals surface area contributed by atoms with Crippen LogP contribution in [0.4, 0.5) is 0 Å². The highest BCUT2D eigenvalue weighted by atomic mass is 16.8. The van der Waals surface area contributed by atoms with E-state index in [0.29, 0.717) is 25.7 Å². The van der Waals surface area contributed by atoms with Gasteiger partial charge in [0.15, 0.2) is 18.9 Å². The predicted molar refractivity (Wildman–Crippen MR) is 224 cm³/mol. The lowest BCUT2D eigenvalue weighted by Gasteiger charge is -2.71. The third kappa shape index (κ3) is 7.40. The number of rotatable bonds is 9. The van der Waals surface area contributed by atoms with Crippen molar-refractivity contribution in [3.63, 3.8) is 0 Å². The van der Waals surface area contributed by atoms with Crippen LogP contribution in [0.5, 0.6) is 0 Å². The molecule has 8 aliphatic rings. The first-order chi connectivity index (χ1) is 29.9. The second-order valence-electron chi connectivity index (χ2n) is 22.7. The van der Waals surface area contributed by atoms with Crippen LogP contribution in [0.25, 0.3) is 0 Å². The molecule has 3 aliphatic heterocycles. The number of aldehydes is 1. The molecule has 3 heterocycles. The molecule has 0 aromatic heterocycles. The third-order valence-corrected chi connectivity index (χ3v) is 18.9. The van der Waals surface area contributed by atoms with Crippen LogP contribution < -0.4 is 0 Å². The van der Waals surface area contributed by atoms with E-state index < -0.39 is 116 Å². The van der Waals surface area contributed by atoms with Crippen molar-refractivity contribution in [1.29, 1.82) is 0 Å². The van der Waals surface area contributed by atoms with Crippen molar-refractivity contribution in [2.24, 2.45) is 50.2 Å². The van der Waals surface area contributed by atoms with E-state index in [1.54, 1.807) is 0 Å². The van der Waals surface area contributed by atoms with E-state index in [4.69, 9.17) is 28.4 Å². The Bertz CT molecular complexity index is 1780. The maximum atomic E-state index is 13.7. The van der Waals surface area contributed by atoms with E-state index in [1.807, 2.05) is 6.92 Å². The normalized spacial score (nSPS) is 54.9. The Kier molecular flexibility index (Phi) is 13.0. The zero-order chi connectivity index (χ0) is 46.7. The molecule has 8 rings (SSSR count). The molecular weight excluding hydrogens is 837 g/mol. The van der Waals surface area contributed by atoms with Gasteiger partial charge in [-0.15, -0.1) is 0 Å². The van der Waals surface area contributed by atoms with Crippen LogP contribution in [0.1, 0.15) is 113 Å². The highest BCUT2D eigenvalue weighted by Crippen LogP contribution is 2.76. The van der Waals surface area contributed by atoms with Crippen molar-refractivity contribution in [3.05, 3.63) is 11.6 Å². The van der Waals surface area contributed by atoms with E-state index in [9.17, 15) is 55.5 Å². The molecule has 23 atom stereocenters. The summed E-state index contributed by atoms with van der Waals surface area (Å²) in [4.78, 5) is 26.8. The standard InChI is InChI=1S/C47H74O17/c1-22-30(50)33(53)35(55)38(60-22)64-37-32(52)26(62-39-36(56)34(54)31(51)25(19-48)61-39)20-59-40(37)63-29-11-12-43(4)27(44(29,5)21-49)10-13-46(7)28(43)9-8-23-24-18-42(2,3)14-16-47(24,41(57)58)17-15-45(23,46)6/h8,21-22,24-40,48,50-56H,9-20H2,1-7H3,(H,57,58)/t22-,24-,25+,26-,27?,28+,29-,30-,31+,32-,33+,34-,35+,36+,37+,38-,39-,40-,43-,44-,45+,46+,47-/m0/s1. The lowest BCUT2D eigenvalue weighted by atomic mass is 9.33. The Morgan fingerprint density at radius 3 is 2.06 bits per heavy atom. The Hall–Kier alpha value is -1.68. The minimum Gasteiger partial charge on any atom is -0.481 e. The van der Waals surface area contributed by atoms with Gasteiger partial charge >= 0.3 is 5.97 Å². The summed E-state index contributed by atoms with van der Waals surface area (Å²) in [7, 11) is 0. The molecule has 0 bridgehead atoms. The van der Waals surface area contributed by atoms with Crippen LogP contribution in [0.2, 0.25) is 0 Å². The van der Waals surface area contributed by atoms with E-state index in [2.05, 4.69) is 40.7 Å². The number of aliphatic hydroxyl groups excluding tert-OH is 8. The fourth-order valence-corrected chi connectivity index (χ4v) is 14.6. The van der Waals surface area contributed by atoms with Gasteiger partial charge in [0.2, 0.25) is 0 Å². The van der Waals surface area contributed by atoms with Crippen LogP contribution >= 0.6 is 0 Å². The number of carboxylic acid groups (broad SMARTS) is 1. The molecule has 0 spiro atoms. The summed E-state index contributed by atoms with van der Waals surface area (Å²) in [6.45, 7) is 13.9. The molecule has 0 radical (unpaired) electrons. The molecule has 5 aliphatic carbocycles. The number of hydrogen-bond donors (Lipinski definition) is 9. The topological polar surface area (TPSA) is 272 Å². The second kappa shape index (κ2) is 17.1. The van der Waals surface area contributed by atoms with Gasteiger partial charge < -0.3 is 79.2 Å². The van der Waals surface area contributed by atoms with Crippen LogP contribution in [0, 0.1) is 50.2 Å². The van der Waals surface area contributed by atoms with Gasteiger partial charge in [0.05, 0.1) is 36.3 Å². The lowest BCUT2D eigenvalue weighted by Crippen LogP contribution is -2.67. The molecule has 17 nitrogen and oxygen atoms in total. The number of carbonyl (C=O) groups is 2. The number of carbonyl (C=O) groups excluding carboxylic acids is 1. The van der Waals surface area contributed by atoms with E-state index >= 15 is 0 Å². The molecule has 7 fully saturated rings. The molecule has 3 saturated heterocycles. The first-order valence-electron chi connectivity index (χ1n) is 23.6. The fraction of sp³-hybridized carbons (Fsp3) is 0.915. The van der Waals surface area contributed by atoms with Gasteiger partial charge in [0.1, 0.15) is 67.3 Å². The molecule has 17 heteroatoms.